The van der Waals surface area contributed by atoms with Crippen molar-refractivity contribution >= 4 is 28.1 Å². The van der Waals surface area contributed by atoms with E-state index in [1.807, 2.05) is 13.8 Å². The van der Waals surface area contributed by atoms with Crippen LogP contribution in [0.15, 0.2) is 47.0 Å². The molecule has 0 unspecified atom stereocenters. The molecular formula is C17H15N3O4S. The van der Waals surface area contributed by atoms with Crippen molar-refractivity contribution in [1.82, 2.24) is 4.98 Å². The summed E-state index contributed by atoms with van der Waals surface area (Å²) in [6.07, 6.45) is 1.73. The van der Waals surface area contributed by atoms with E-state index in [4.69, 9.17) is 4.42 Å². The minimum Gasteiger partial charge on any atom is -0.451 e. The zero-order chi connectivity index (χ0) is 18.0. The second-order valence-electron chi connectivity index (χ2n) is 5.61. The van der Waals surface area contributed by atoms with Crippen LogP contribution in [-0.4, -0.2) is 15.8 Å². The van der Waals surface area contributed by atoms with Crippen LogP contribution < -0.4 is 5.32 Å². The lowest BCUT2D eigenvalue weighted by Crippen LogP contribution is -2.10. The standard InChI is InChI=1S/C17H15N3O4S/c1-10(2)15-9-18-17(25-15)19-16(21)14-8-7-13(24-14)11-5-3-4-6-12(11)20(22)23/h3-10H,1-2H3,(H,18,19,21). The number of nitrogens with one attached hydrogen (secondary N) is 1. The van der Waals surface area contributed by atoms with E-state index in [1.54, 1.807) is 30.5 Å². The van der Waals surface area contributed by atoms with E-state index in [9.17, 15) is 14.9 Å². The predicted molar refractivity (Wildman–Crippen MR) is 95.0 cm³/mol. The van der Waals surface area contributed by atoms with E-state index in [-0.39, 0.29) is 17.2 Å². The number of benzene rings is 1. The third-order valence-corrected chi connectivity index (χ3v) is 4.72. The number of hydrogen-bond donors (Lipinski definition) is 1. The number of nitro benzene ring substituents is 1. The molecule has 2 aromatic heterocycles. The average Bonchev–Trinajstić information content (AvgIpc) is 3.24. The Bertz CT molecular complexity index is 929. The number of nitro groups is 1. The highest BCUT2D eigenvalue weighted by Crippen LogP contribution is 2.31. The Morgan fingerprint density at radius 2 is 2.04 bits per heavy atom. The van der Waals surface area contributed by atoms with Gasteiger partial charge in [-0.3, -0.25) is 20.2 Å². The fourth-order valence-corrected chi connectivity index (χ4v) is 3.03. The molecule has 7 nitrogen and oxygen atoms in total. The number of carbonyl (C=O) groups excluding carboxylic acids is 1. The second-order valence-corrected chi connectivity index (χ2v) is 6.68. The molecule has 0 saturated carbocycles. The van der Waals surface area contributed by atoms with Crippen molar-refractivity contribution in [2.24, 2.45) is 0 Å². The fourth-order valence-electron chi connectivity index (χ4n) is 2.22. The maximum absolute atomic E-state index is 12.3. The highest BCUT2D eigenvalue weighted by atomic mass is 32.1. The average molecular weight is 357 g/mol. The largest absolute Gasteiger partial charge is 0.451 e. The maximum atomic E-state index is 12.3. The van der Waals surface area contributed by atoms with Crippen molar-refractivity contribution in [3.8, 4) is 11.3 Å². The first-order chi connectivity index (χ1) is 12.0. The molecule has 0 aliphatic rings. The molecule has 0 aliphatic heterocycles. The Kier molecular flexibility index (Phi) is 4.62. The van der Waals surface area contributed by atoms with Gasteiger partial charge in [-0.25, -0.2) is 4.98 Å². The third-order valence-electron chi connectivity index (χ3n) is 3.51. The van der Waals surface area contributed by atoms with Crippen LogP contribution in [0.3, 0.4) is 0 Å². The van der Waals surface area contributed by atoms with Gasteiger partial charge in [-0.05, 0) is 24.1 Å². The highest BCUT2D eigenvalue weighted by molar-refractivity contribution is 7.15. The SMILES string of the molecule is CC(C)c1cnc(NC(=O)c2ccc(-c3ccccc3[N+](=O)[O-])o2)s1. The maximum Gasteiger partial charge on any atom is 0.293 e. The van der Waals surface area contributed by atoms with E-state index in [0.717, 1.165) is 4.88 Å². The third kappa shape index (κ3) is 3.58. The number of amides is 1. The Hall–Kier alpha value is -3.00. The molecule has 0 spiro atoms. The summed E-state index contributed by atoms with van der Waals surface area (Å²) < 4.78 is 5.51. The molecule has 3 aromatic rings. The summed E-state index contributed by atoms with van der Waals surface area (Å²) in [6.45, 7) is 4.09. The minimum absolute atomic E-state index is 0.0643. The molecule has 2 heterocycles. The molecule has 0 fully saturated rings. The van der Waals surface area contributed by atoms with Crippen LogP contribution in [0.2, 0.25) is 0 Å². The van der Waals surface area contributed by atoms with Gasteiger partial charge in [-0.1, -0.05) is 26.0 Å². The van der Waals surface area contributed by atoms with Gasteiger partial charge in [0.05, 0.1) is 10.5 Å². The summed E-state index contributed by atoms with van der Waals surface area (Å²) in [5, 5.41) is 14.3. The summed E-state index contributed by atoms with van der Waals surface area (Å²) in [5.41, 5.74) is 0.244. The monoisotopic (exact) mass is 357 g/mol. The zero-order valence-electron chi connectivity index (χ0n) is 13.6. The lowest BCUT2D eigenvalue weighted by Gasteiger charge is -2.00. The van der Waals surface area contributed by atoms with Crippen LogP contribution in [0, 0.1) is 10.1 Å². The quantitative estimate of drug-likeness (QED) is 0.528. The number of aromatic nitrogens is 1. The van der Waals surface area contributed by atoms with Gasteiger partial charge in [-0.15, -0.1) is 11.3 Å². The first-order valence-electron chi connectivity index (χ1n) is 7.56. The van der Waals surface area contributed by atoms with E-state index in [1.165, 1.54) is 23.5 Å². The lowest BCUT2D eigenvalue weighted by atomic mass is 10.1. The number of nitrogens with zero attached hydrogens (tertiary/aromatic N) is 2. The Balaban J connectivity index is 1.81. The van der Waals surface area contributed by atoms with Crippen molar-refractivity contribution in [2.45, 2.75) is 19.8 Å². The molecule has 128 valence electrons. The first kappa shape index (κ1) is 16.8. The summed E-state index contributed by atoms with van der Waals surface area (Å²) in [6, 6.07) is 9.24. The van der Waals surface area contributed by atoms with E-state index < -0.39 is 10.8 Å². The molecule has 1 amide bonds. The van der Waals surface area contributed by atoms with E-state index >= 15 is 0 Å². The number of anilines is 1. The van der Waals surface area contributed by atoms with Gasteiger partial charge in [0, 0.05) is 17.1 Å². The normalized spacial score (nSPS) is 10.8. The van der Waals surface area contributed by atoms with Gasteiger partial charge >= 0.3 is 0 Å². The lowest BCUT2D eigenvalue weighted by molar-refractivity contribution is -0.384. The fraction of sp³-hybridized carbons (Fsp3) is 0.176. The molecule has 0 bridgehead atoms. The summed E-state index contributed by atoms with van der Waals surface area (Å²) >= 11 is 1.40. The molecule has 3 rings (SSSR count). The van der Waals surface area contributed by atoms with Crippen LogP contribution in [0.25, 0.3) is 11.3 Å². The van der Waals surface area contributed by atoms with Gasteiger partial charge in [0.25, 0.3) is 11.6 Å². The first-order valence-corrected chi connectivity index (χ1v) is 8.38. The van der Waals surface area contributed by atoms with Crippen molar-refractivity contribution in [3.63, 3.8) is 0 Å². The van der Waals surface area contributed by atoms with Crippen molar-refractivity contribution in [1.29, 1.82) is 0 Å². The van der Waals surface area contributed by atoms with E-state index in [2.05, 4.69) is 10.3 Å². The van der Waals surface area contributed by atoms with Crippen LogP contribution in [0.4, 0.5) is 10.8 Å². The Morgan fingerprint density at radius 3 is 2.72 bits per heavy atom. The Morgan fingerprint density at radius 1 is 1.28 bits per heavy atom. The molecule has 0 aliphatic carbocycles. The molecule has 25 heavy (non-hydrogen) atoms. The van der Waals surface area contributed by atoms with Gasteiger partial charge < -0.3 is 4.42 Å². The number of para-hydroxylation sites is 1. The number of hydrogen-bond acceptors (Lipinski definition) is 6. The zero-order valence-corrected chi connectivity index (χ0v) is 14.4. The summed E-state index contributed by atoms with van der Waals surface area (Å²) in [5.74, 6) is 0.209. The molecule has 0 saturated heterocycles. The van der Waals surface area contributed by atoms with Crippen molar-refractivity contribution < 1.29 is 14.1 Å². The van der Waals surface area contributed by atoms with Gasteiger partial charge in [-0.2, -0.15) is 0 Å². The smallest absolute Gasteiger partial charge is 0.293 e. The molecule has 1 aromatic carbocycles. The van der Waals surface area contributed by atoms with Crippen LogP contribution in [0.1, 0.15) is 35.2 Å². The second kappa shape index (κ2) is 6.86. The number of furan rings is 1. The molecule has 0 atom stereocenters. The van der Waals surface area contributed by atoms with Crippen LogP contribution >= 0.6 is 11.3 Å². The summed E-state index contributed by atoms with van der Waals surface area (Å²) in [4.78, 5) is 28.1. The van der Waals surface area contributed by atoms with Crippen LogP contribution in [-0.2, 0) is 0 Å². The van der Waals surface area contributed by atoms with Gasteiger partial charge in [0.1, 0.15) is 5.76 Å². The molecule has 8 heteroatoms. The number of carbonyl (C=O) groups is 1. The number of thiazole rings is 1. The van der Waals surface area contributed by atoms with E-state index in [0.29, 0.717) is 16.6 Å². The van der Waals surface area contributed by atoms with Gasteiger partial charge in [0.2, 0.25) is 0 Å². The van der Waals surface area contributed by atoms with Crippen LogP contribution in [0.5, 0.6) is 0 Å². The highest BCUT2D eigenvalue weighted by Gasteiger charge is 2.20. The van der Waals surface area contributed by atoms with Crippen molar-refractivity contribution in [2.75, 3.05) is 5.32 Å². The van der Waals surface area contributed by atoms with Gasteiger partial charge in [0.15, 0.2) is 10.9 Å². The Labute approximate surface area is 147 Å². The summed E-state index contributed by atoms with van der Waals surface area (Å²) in [7, 11) is 0. The molecule has 1 N–H and O–H groups in total. The van der Waals surface area contributed by atoms with Crippen molar-refractivity contribution in [3.05, 3.63) is 63.3 Å². The topological polar surface area (TPSA) is 98.3 Å². The predicted octanol–water partition coefficient (Wildman–Crippen LogP) is 4.69. The molecular weight excluding hydrogens is 342 g/mol. The minimum atomic E-state index is -0.486. The molecule has 0 radical (unpaired) electrons. The number of rotatable bonds is 5.